The number of carbonyl (C=O) groups is 1. The molecule has 0 unspecified atom stereocenters. The topological polar surface area (TPSA) is 100 Å². The molecule has 196 valence electrons. The maximum Gasteiger partial charge on any atom is 0.333 e. The second-order valence-electron chi connectivity index (χ2n) is 8.51. The lowest BCUT2D eigenvalue weighted by atomic mass is 10.1. The van der Waals surface area contributed by atoms with Crippen molar-refractivity contribution in [2.75, 3.05) is 50.6 Å². The summed E-state index contributed by atoms with van der Waals surface area (Å²) >= 11 is 0. The van der Waals surface area contributed by atoms with Gasteiger partial charge >= 0.3 is 6.03 Å². The Hall–Kier alpha value is -3.83. The number of piperazine rings is 1. The standard InChI is InChI=1S/C26H29FN4O5S/c1-35-24-12-3-19(17-25(24)36-2)18-30-13-15-31(16-14-30)22-8-10-23(11-9-22)37(33,34)29-26(32)28-21-6-4-20(27)5-7-21/h3-12,17H,13-16,18H2,1-2H3,(H2,28,29,32). The summed E-state index contributed by atoms with van der Waals surface area (Å²) in [6.45, 7) is 4.06. The van der Waals surface area contributed by atoms with Crippen molar-refractivity contribution >= 4 is 27.4 Å². The van der Waals surface area contributed by atoms with E-state index in [4.69, 9.17) is 9.47 Å². The zero-order valence-electron chi connectivity index (χ0n) is 20.6. The molecule has 11 heteroatoms. The van der Waals surface area contributed by atoms with Gasteiger partial charge in [-0.25, -0.2) is 22.3 Å². The highest BCUT2D eigenvalue weighted by Crippen LogP contribution is 2.28. The van der Waals surface area contributed by atoms with E-state index < -0.39 is 21.9 Å². The first-order valence-electron chi connectivity index (χ1n) is 11.6. The number of hydrogen-bond donors (Lipinski definition) is 2. The summed E-state index contributed by atoms with van der Waals surface area (Å²) in [7, 11) is -0.838. The highest BCUT2D eigenvalue weighted by atomic mass is 32.2. The quantitative estimate of drug-likeness (QED) is 0.460. The summed E-state index contributed by atoms with van der Waals surface area (Å²) in [5.41, 5.74) is 2.31. The van der Waals surface area contributed by atoms with Crippen LogP contribution in [0.5, 0.6) is 11.5 Å². The number of methoxy groups -OCH3 is 2. The number of hydrogen-bond acceptors (Lipinski definition) is 7. The van der Waals surface area contributed by atoms with Crippen molar-refractivity contribution in [3.05, 3.63) is 78.1 Å². The van der Waals surface area contributed by atoms with Crippen molar-refractivity contribution in [2.45, 2.75) is 11.4 Å². The number of ether oxygens (including phenoxy) is 2. The van der Waals surface area contributed by atoms with Crippen molar-refractivity contribution in [3.63, 3.8) is 0 Å². The fourth-order valence-electron chi connectivity index (χ4n) is 4.11. The van der Waals surface area contributed by atoms with Crippen molar-refractivity contribution in [1.29, 1.82) is 0 Å². The van der Waals surface area contributed by atoms with Gasteiger partial charge in [0.2, 0.25) is 0 Å². The smallest absolute Gasteiger partial charge is 0.333 e. The second kappa shape index (κ2) is 11.5. The Labute approximate surface area is 215 Å². The maximum atomic E-state index is 13.0. The predicted molar refractivity (Wildman–Crippen MR) is 139 cm³/mol. The van der Waals surface area contributed by atoms with Gasteiger partial charge in [0.25, 0.3) is 10.0 Å². The molecule has 0 radical (unpaired) electrons. The fraction of sp³-hybridized carbons (Fsp3) is 0.269. The molecule has 1 fully saturated rings. The molecule has 37 heavy (non-hydrogen) atoms. The molecule has 2 N–H and O–H groups in total. The van der Waals surface area contributed by atoms with Crippen LogP contribution < -0.4 is 24.4 Å². The summed E-state index contributed by atoms with van der Waals surface area (Å²) in [5, 5.41) is 2.37. The van der Waals surface area contributed by atoms with E-state index in [1.807, 2.05) is 22.9 Å². The number of benzene rings is 3. The summed E-state index contributed by atoms with van der Waals surface area (Å²) in [6, 6.07) is 16.4. The van der Waals surface area contributed by atoms with Gasteiger partial charge in [-0.2, -0.15) is 0 Å². The Morgan fingerprint density at radius 1 is 0.892 bits per heavy atom. The minimum absolute atomic E-state index is 0.0300. The molecular formula is C26H29FN4O5S. The van der Waals surface area contributed by atoms with E-state index >= 15 is 0 Å². The van der Waals surface area contributed by atoms with Crippen LogP contribution in [0.15, 0.2) is 71.6 Å². The predicted octanol–water partition coefficient (Wildman–Crippen LogP) is 3.68. The van der Waals surface area contributed by atoms with Crippen LogP contribution in [0, 0.1) is 5.82 Å². The van der Waals surface area contributed by atoms with Gasteiger partial charge in [-0.3, -0.25) is 4.90 Å². The molecule has 3 aromatic rings. The largest absolute Gasteiger partial charge is 0.493 e. The summed E-state index contributed by atoms with van der Waals surface area (Å²) in [5.74, 6) is 0.944. The fourth-order valence-corrected chi connectivity index (χ4v) is 5.02. The molecule has 0 atom stereocenters. The molecule has 0 aliphatic carbocycles. The van der Waals surface area contributed by atoms with Crippen LogP contribution in [-0.2, 0) is 16.6 Å². The van der Waals surface area contributed by atoms with Crippen LogP contribution in [0.25, 0.3) is 0 Å². The van der Waals surface area contributed by atoms with Crippen LogP contribution in [0.1, 0.15) is 5.56 Å². The van der Waals surface area contributed by atoms with Gasteiger partial charge in [0, 0.05) is 44.1 Å². The van der Waals surface area contributed by atoms with Crippen LogP contribution >= 0.6 is 0 Å². The van der Waals surface area contributed by atoms with Crippen molar-refractivity contribution in [2.24, 2.45) is 0 Å². The third-order valence-corrected chi connectivity index (χ3v) is 7.41. The summed E-state index contributed by atoms with van der Waals surface area (Å²) in [6.07, 6.45) is 0. The lowest BCUT2D eigenvalue weighted by Gasteiger charge is -2.36. The molecule has 4 rings (SSSR count). The summed E-state index contributed by atoms with van der Waals surface area (Å²) < 4.78 is 50.9. The Bertz CT molecular complexity index is 1330. The van der Waals surface area contributed by atoms with Gasteiger partial charge in [-0.1, -0.05) is 6.07 Å². The zero-order valence-corrected chi connectivity index (χ0v) is 21.4. The van der Waals surface area contributed by atoms with Crippen LogP contribution in [-0.4, -0.2) is 59.7 Å². The number of sulfonamides is 1. The molecule has 0 saturated carbocycles. The SMILES string of the molecule is COc1ccc(CN2CCN(c3ccc(S(=O)(=O)NC(=O)Nc4ccc(F)cc4)cc3)CC2)cc1OC. The van der Waals surface area contributed by atoms with Crippen molar-refractivity contribution < 1.29 is 27.1 Å². The first-order valence-corrected chi connectivity index (χ1v) is 13.1. The molecule has 1 aliphatic rings. The van der Waals surface area contributed by atoms with E-state index in [-0.39, 0.29) is 10.6 Å². The molecule has 1 heterocycles. The minimum atomic E-state index is -4.07. The van der Waals surface area contributed by atoms with Crippen LogP contribution in [0.4, 0.5) is 20.6 Å². The number of carbonyl (C=O) groups excluding carboxylic acids is 1. The first kappa shape index (κ1) is 26.2. The molecule has 9 nitrogen and oxygen atoms in total. The van der Waals surface area contributed by atoms with Gasteiger partial charge in [0.05, 0.1) is 19.1 Å². The van der Waals surface area contributed by atoms with Crippen molar-refractivity contribution in [1.82, 2.24) is 9.62 Å². The second-order valence-corrected chi connectivity index (χ2v) is 10.2. The Balaban J connectivity index is 1.31. The number of amides is 2. The molecular weight excluding hydrogens is 499 g/mol. The highest BCUT2D eigenvalue weighted by Gasteiger charge is 2.21. The van der Waals surface area contributed by atoms with Gasteiger partial charge in [0.15, 0.2) is 11.5 Å². The Morgan fingerprint density at radius 2 is 1.54 bits per heavy atom. The molecule has 1 saturated heterocycles. The van der Waals surface area contributed by atoms with E-state index in [1.54, 1.807) is 26.4 Å². The number of urea groups is 1. The molecule has 0 aromatic heterocycles. The number of halogens is 1. The number of nitrogens with zero attached hydrogens (tertiary/aromatic N) is 2. The maximum absolute atomic E-state index is 13.0. The molecule has 3 aromatic carbocycles. The number of rotatable bonds is 8. The average molecular weight is 529 g/mol. The molecule has 0 spiro atoms. The van der Waals surface area contributed by atoms with Crippen molar-refractivity contribution in [3.8, 4) is 11.5 Å². The molecule has 2 amide bonds. The van der Waals surface area contributed by atoms with Gasteiger partial charge in [-0.15, -0.1) is 0 Å². The highest BCUT2D eigenvalue weighted by molar-refractivity contribution is 7.90. The van der Waals surface area contributed by atoms with E-state index in [0.717, 1.165) is 44.0 Å². The van der Waals surface area contributed by atoms with Gasteiger partial charge in [0.1, 0.15) is 5.82 Å². The molecule has 0 bridgehead atoms. The lowest BCUT2D eigenvalue weighted by molar-refractivity contribution is 0.249. The van der Waals surface area contributed by atoms with E-state index in [2.05, 4.69) is 15.1 Å². The molecule has 1 aliphatic heterocycles. The Morgan fingerprint density at radius 3 is 2.16 bits per heavy atom. The Kier molecular flexibility index (Phi) is 8.14. The number of nitrogens with one attached hydrogen (secondary N) is 2. The number of anilines is 2. The normalized spacial score (nSPS) is 14.2. The van der Waals surface area contributed by atoms with E-state index in [1.165, 1.54) is 36.4 Å². The van der Waals surface area contributed by atoms with E-state index in [9.17, 15) is 17.6 Å². The zero-order chi connectivity index (χ0) is 26.4. The monoisotopic (exact) mass is 528 g/mol. The van der Waals surface area contributed by atoms with E-state index in [0.29, 0.717) is 11.5 Å². The summed E-state index contributed by atoms with van der Waals surface area (Å²) in [4.78, 5) is 16.6. The minimum Gasteiger partial charge on any atom is -0.493 e. The van der Waals surface area contributed by atoms with Gasteiger partial charge in [-0.05, 0) is 66.2 Å². The van der Waals surface area contributed by atoms with Crippen LogP contribution in [0.2, 0.25) is 0 Å². The van der Waals surface area contributed by atoms with Crippen LogP contribution in [0.3, 0.4) is 0 Å². The van der Waals surface area contributed by atoms with Gasteiger partial charge < -0.3 is 19.7 Å². The lowest BCUT2D eigenvalue weighted by Crippen LogP contribution is -2.46. The first-order chi connectivity index (χ1) is 17.8. The third-order valence-electron chi connectivity index (χ3n) is 6.07. The third kappa shape index (κ3) is 6.69. The average Bonchev–Trinajstić information content (AvgIpc) is 2.90.